The number of carbonyl (C=O) groups is 6. The Bertz CT molecular complexity index is 2790. The van der Waals surface area contributed by atoms with E-state index in [2.05, 4.69) is 5.32 Å². The van der Waals surface area contributed by atoms with Crippen LogP contribution in [0, 0.1) is 6.92 Å². The minimum atomic E-state index is -1.23. The summed E-state index contributed by atoms with van der Waals surface area (Å²) in [5, 5.41) is 57.8. The zero-order chi connectivity index (χ0) is 52.1. The van der Waals surface area contributed by atoms with Gasteiger partial charge in [0.1, 0.15) is 61.4 Å². The topological polar surface area (TPSA) is 291 Å². The summed E-state index contributed by atoms with van der Waals surface area (Å²) in [6.07, 6.45) is 1.63. The van der Waals surface area contributed by atoms with Crippen LogP contribution in [0.15, 0.2) is 94.1 Å². The number of aromatic carboxylic acids is 1. The van der Waals surface area contributed by atoms with Gasteiger partial charge in [0.2, 0.25) is 6.41 Å². The van der Waals surface area contributed by atoms with E-state index in [9.17, 15) is 49.2 Å². The molecule has 0 saturated heterocycles. The van der Waals surface area contributed by atoms with Crippen molar-refractivity contribution in [1.82, 2.24) is 0 Å². The predicted octanol–water partition coefficient (Wildman–Crippen LogP) is 7.73. The lowest BCUT2D eigenvalue weighted by Crippen LogP contribution is -2.34. The largest absolute Gasteiger partial charge is 0.508 e. The number of benzene rings is 5. The second-order valence-electron chi connectivity index (χ2n) is 14.7. The van der Waals surface area contributed by atoms with Crippen molar-refractivity contribution in [2.24, 2.45) is 0 Å². The normalized spacial score (nSPS) is 10.2. The van der Waals surface area contributed by atoms with Crippen molar-refractivity contribution in [3.05, 3.63) is 117 Å². The molecule has 4 aromatic rings. The Morgan fingerprint density at radius 3 is 1.86 bits per heavy atom. The van der Waals surface area contributed by atoms with E-state index in [4.69, 9.17) is 28.9 Å². The summed E-state index contributed by atoms with van der Waals surface area (Å²) in [7, 11) is 0. The molecule has 0 aromatic heterocycles. The zero-order valence-electron chi connectivity index (χ0n) is 39.6. The van der Waals surface area contributed by atoms with Gasteiger partial charge in [0.05, 0.1) is 16.9 Å². The standard InChI is InChI=1S/C25H22O5.C23H27N3O9.C2H6.CH2O2/c1-4-14-9-18-22(11-20(14)26)30-23-12-21(27)15(5-2)10-19(23)24(18)16-7-6-13(3)8-17(16)25(28)29;1-2-25(12-21(28)29)17-5-3-4-6-19(17)34-9-10-35-20-11-16(24-15-27)7-8-18(20)26(13-22(30)31)14-23(32)33;1-2;2-1-3/h6-12,26H,4-5H2,1-3H3,(H,28,29);3-8,11,15H,2,9-10,12-14H2,1H3,(H,24,27)(H,28,29)(H,30,31)(H,32,33);1-2H3;1H,(H,2,3). The van der Waals surface area contributed by atoms with Crippen LogP contribution in [0.3, 0.4) is 0 Å². The zero-order valence-corrected chi connectivity index (χ0v) is 39.6. The van der Waals surface area contributed by atoms with E-state index >= 15 is 0 Å². The van der Waals surface area contributed by atoms with Gasteiger partial charge in [0.25, 0.3) is 6.47 Å². The minimum absolute atomic E-state index is 0.00901. The number of aromatic hydroxyl groups is 1. The molecule has 0 atom stereocenters. The van der Waals surface area contributed by atoms with Crippen LogP contribution in [0.2, 0.25) is 0 Å². The third-order valence-corrected chi connectivity index (χ3v) is 10.2. The summed E-state index contributed by atoms with van der Waals surface area (Å²) in [6.45, 7) is 10.4. The number of hydrogen-bond acceptors (Lipinski definition) is 13. The van der Waals surface area contributed by atoms with Gasteiger partial charge in [0.15, 0.2) is 5.43 Å². The molecule has 19 heteroatoms. The van der Waals surface area contributed by atoms with Gasteiger partial charge in [-0.25, -0.2) is 4.79 Å². The lowest BCUT2D eigenvalue weighted by Gasteiger charge is -2.25. The smallest absolute Gasteiger partial charge is 0.336 e. The maximum atomic E-state index is 12.4. The Hall–Kier alpha value is -8.61. The Kier molecular flexibility index (Phi) is 21.7. The maximum absolute atomic E-state index is 12.4. The number of nitrogens with one attached hydrogen (secondary N) is 1. The number of phenols is 1. The molecule has 19 nitrogen and oxygen atoms in total. The summed E-state index contributed by atoms with van der Waals surface area (Å²) in [4.78, 5) is 80.1. The highest BCUT2D eigenvalue weighted by molar-refractivity contribution is 6.08. The minimum Gasteiger partial charge on any atom is -0.508 e. The number of rotatable bonds is 20. The molecule has 70 heavy (non-hydrogen) atoms. The number of ether oxygens (including phenoxy) is 2. The number of aryl methyl sites for hydroxylation is 3. The van der Waals surface area contributed by atoms with E-state index in [1.54, 1.807) is 47.4 Å². The van der Waals surface area contributed by atoms with E-state index in [1.807, 2.05) is 53.7 Å². The third kappa shape index (κ3) is 14.9. The Labute approximate surface area is 403 Å². The van der Waals surface area contributed by atoms with Gasteiger partial charge in [0, 0.05) is 52.5 Å². The van der Waals surface area contributed by atoms with Crippen LogP contribution < -0.4 is 30.0 Å². The number of carboxylic acids is 4. The van der Waals surface area contributed by atoms with E-state index in [0.29, 0.717) is 81.9 Å². The summed E-state index contributed by atoms with van der Waals surface area (Å²) in [6, 6.07) is 23.2. The van der Waals surface area contributed by atoms with Crippen LogP contribution in [0.4, 0.5) is 17.1 Å². The predicted molar refractivity (Wildman–Crippen MR) is 263 cm³/mol. The van der Waals surface area contributed by atoms with Gasteiger partial charge in [-0.15, -0.1) is 0 Å². The number of hydrogen-bond donors (Lipinski definition) is 7. The number of amides is 1. The van der Waals surface area contributed by atoms with Crippen LogP contribution in [0.5, 0.6) is 17.2 Å². The van der Waals surface area contributed by atoms with E-state index < -0.39 is 37.0 Å². The SMILES string of the molecule is CC.CCN(CC(=O)O)c1ccccc1OCCOc1cc(NC=O)ccc1N(CC(=O)O)CC(=O)O.CCc1cc2c(-c3ccc(C)cc3C(=O)O)c3cc(CC)c(=O)cc-3oc2cc1O.O=CO. The molecule has 0 spiro atoms. The number of carboxylic acid groups (broad SMARTS) is 5. The number of anilines is 3. The first-order chi connectivity index (χ1) is 33.5. The van der Waals surface area contributed by atoms with Crippen molar-refractivity contribution in [1.29, 1.82) is 0 Å². The second kappa shape index (κ2) is 27.3. The summed E-state index contributed by atoms with van der Waals surface area (Å²) < 4.78 is 17.5. The van der Waals surface area contributed by atoms with Crippen molar-refractivity contribution >= 4 is 64.8 Å². The summed E-state index contributed by atoms with van der Waals surface area (Å²) in [5.41, 5.74) is 5.75. The molecule has 1 aliphatic carbocycles. The molecule has 0 unspecified atom stereocenters. The fraction of sp³-hybridized carbons (Fsp3) is 0.275. The molecule has 372 valence electrons. The molecule has 7 N–H and O–H groups in total. The van der Waals surface area contributed by atoms with Crippen molar-refractivity contribution in [3.8, 4) is 39.7 Å². The van der Waals surface area contributed by atoms with Crippen molar-refractivity contribution in [2.45, 2.75) is 54.4 Å². The van der Waals surface area contributed by atoms with Crippen LogP contribution in [0.1, 0.15) is 61.7 Å². The summed E-state index contributed by atoms with van der Waals surface area (Å²) in [5.74, 6) is -3.39. The van der Waals surface area contributed by atoms with E-state index in [0.717, 1.165) is 16.0 Å². The van der Waals surface area contributed by atoms with Gasteiger partial charge >= 0.3 is 23.9 Å². The number of aliphatic carboxylic acids is 3. The van der Waals surface area contributed by atoms with Crippen LogP contribution in [-0.4, -0.2) is 107 Å². The second-order valence-corrected chi connectivity index (χ2v) is 14.7. The van der Waals surface area contributed by atoms with Crippen LogP contribution >= 0.6 is 0 Å². The Morgan fingerprint density at radius 1 is 0.700 bits per heavy atom. The Balaban J connectivity index is 0.000000342. The average Bonchev–Trinajstić information content (AvgIpc) is 3.32. The van der Waals surface area contributed by atoms with Gasteiger partial charge in [-0.2, -0.15) is 0 Å². The fourth-order valence-corrected chi connectivity index (χ4v) is 7.22. The highest BCUT2D eigenvalue weighted by atomic mass is 16.5. The molecule has 0 saturated carbocycles. The first kappa shape index (κ1) is 55.7. The molecule has 0 bridgehead atoms. The number of phenolic OH excluding ortho intramolecular Hbond substituents is 1. The van der Waals surface area contributed by atoms with E-state index in [1.165, 1.54) is 30.3 Å². The van der Waals surface area contributed by atoms with E-state index in [-0.39, 0.29) is 54.4 Å². The highest BCUT2D eigenvalue weighted by Gasteiger charge is 2.24. The maximum Gasteiger partial charge on any atom is 0.336 e. The number of carbonyl (C=O) groups excluding carboxylic acids is 1. The van der Waals surface area contributed by atoms with Crippen molar-refractivity contribution < 1.29 is 73.3 Å². The molecular formula is C51H57N3O16. The Morgan fingerprint density at radius 2 is 1.29 bits per heavy atom. The molecule has 0 radical (unpaired) electrons. The van der Waals surface area contributed by atoms with Crippen LogP contribution in [0.25, 0.3) is 33.4 Å². The fourth-order valence-electron chi connectivity index (χ4n) is 7.22. The first-order valence-corrected chi connectivity index (χ1v) is 22.0. The molecule has 1 aliphatic heterocycles. The molecule has 0 fully saturated rings. The number of nitrogens with zero attached hydrogens (tertiary/aromatic N) is 2. The lowest BCUT2D eigenvalue weighted by molar-refractivity contribution is -0.137. The molecule has 6 rings (SSSR count). The highest BCUT2D eigenvalue weighted by Crippen LogP contribution is 2.43. The van der Waals surface area contributed by atoms with Gasteiger partial charge in [-0.05, 0) is 80.3 Å². The third-order valence-electron chi connectivity index (χ3n) is 10.2. The summed E-state index contributed by atoms with van der Waals surface area (Å²) >= 11 is 0. The lowest BCUT2D eigenvalue weighted by atomic mass is 9.88. The molecule has 2 aliphatic rings. The molecule has 1 heterocycles. The monoisotopic (exact) mass is 967 g/mol. The van der Waals surface area contributed by atoms with Crippen molar-refractivity contribution in [2.75, 3.05) is 54.5 Å². The molecular weight excluding hydrogens is 911 g/mol. The van der Waals surface area contributed by atoms with Crippen molar-refractivity contribution in [3.63, 3.8) is 0 Å². The van der Waals surface area contributed by atoms with Crippen LogP contribution in [-0.2, 0) is 36.8 Å². The average molecular weight is 968 g/mol. The first-order valence-electron chi connectivity index (χ1n) is 22.0. The van der Waals surface area contributed by atoms with Gasteiger partial charge < -0.3 is 59.6 Å². The number of likely N-dealkylation sites (N-methyl/N-ethyl adjacent to an activating group) is 1. The molecule has 1 amide bonds. The number of para-hydroxylation sites is 2. The molecule has 4 aromatic carbocycles. The van der Waals surface area contributed by atoms with Gasteiger partial charge in [-0.1, -0.05) is 57.5 Å². The number of fused-ring (bicyclic) bond motifs is 2. The van der Waals surface area contributed by atoms with Gasteiger partial charge in [-0.3, -0.25) is 28.8 Å². The quantitative estimate of drug-likeness (QED) is 0.0219.